The smallest absolute Gasteiger partial charge is 0.0774 e. The summed E-state index contributed by atoms with van der Waals surface area (Å²) < 4.78 is 0. The van der Waals surface area contributed by atoms with Crippen LogP contribution in [0.3, 0.4) is 0 Å². The Morgan fingerprint density at radius 2 is 1.50 bits per heavy atom. The average Bonchev–Trinajstić information content (AvgIpc) is 2.76. The van der Waals surface area contributed by atoms with Crippen molar-refractivity contribution in [3.63, 3.8) is 0 Å². The maximum absolute atomic E-state index is 10.5. The van der Waals surface area contributed by atoms with Crippen LogP contribution in [0.2, 0.25) is 0 Å². The summed E-state index contributed by atoms with van der Waals surface area (Å²) in [5.74, 6) is 0. The van der Waals surface area contributed by atoms with Crippen molar-refractivity contribution in [2.45, 2.75) is 63.4 Å². The van der Waals surface area contributed by atoms with E-state index in [0.717, 1.165) is 32.5 Å². The van der Waals surface area contributed by atoms with Crippen LogP contribution in [0, 0.1) is 5.41 Å². The van der Waals surface area contributed by atoms with Crippen LogP contribution in [-0.4, -0.2) is 42.3 Å². The first-order chi connectivity index (χ1) is 8.58. The summed E-state index contributed by atoms with van der Waals surface area (Å²) in [7, 11) is 2.16. The third-order valence-electron chi connectivity index (χ3n) is 5.05. The lowest BCUT2D eigenvalue weighted by Gasteiger charge is -2.41. The Bertz CT molecular complexity index is 255. The number of nitrogens with zero attached hydrogens (tertiary/aromatic N) is 1. The fourth-order valence-electron chi connectivity index (χ4n) is 4.05. The predicted molar refractivity (Wildman–Crippen MR) is 75.5 cm³/mol. The molecule has 2 aliphatic carbocycles. The molecule has 0 amide bonds. The lowest BCUT2D eigenvalue weighted by Crippen LogP contribution is -2.47. The minimum Gasteiger partial charge on any atom is -0.389 e. The maximum Gasteiger partial charge on any atom is 0.0774 e. The summed E-state index contributed by atoms with van der Waals surface area (Å²) in [5, 5.41) is 10.5. The van der Waals surface area contributed by atoms with E-state index in [1.54, 1.807) is 0 Å². The number of aliphatic hydroxyl groups is 1. The molecule has 0 saturated heterocycles. The SMILES string of the molecule is CN(CC1(O)CCCC1)CC1(CN)CCCCC1. The zero-order valence-corrected chi connectivity index (χ0v) is 12.0. The first-order valence-corrected chi connectivity index (χ1v) is 7.69. The van der Waals surface area contributed by atoms with Gasteiger partial charge in [0.05, 0.1) is 5.60 Å². The second-order valence-corrected chi connectivity index (χ2v) is 6.87. The van der Waals surface area contributed by atoms with Crippen molar-refractivity contribution in [2.75, 3.05) is 26.7 Å². The quantitative estimate of drug-likeness (QED) is 0.790. The second-order valence-electron chi connectivity index (χ2n) is 6.87. The summed E-state index contributed by atoms with van der Waals surface area (Å²) >= 11 is 0. The molecule has 2 aliphatic rings. The molecular weight excluding hydrogens is 224 g/mol. The second kappa shape index (κ2) is 5.89. The van der Waals surface area contributed by atoms with Crippen LogP contribution >= 0.6 is 0 Å². The fourth-order valence-corrected chi connectivity index (χ4v) is 4.05. The molecule has 2 saturated carbocycles. The summed E-state index contributed by atoms with van der Waals surface area (Å²) in [6.07, 6.45) is 10.9. The van der Waals surface area contributed by atoms with Gasteiger partial charge < -0.3 is 15.7 Å². The number of hydrogen-bond acceptors (Lipinski definition) is 3. The van der Waals surface area contributed by atoms with Gasteiger partial charge in [-0.3, -0.25) is 0 Å². The van der Waals surface area contributed by atoms with Gasteiger partial charge >= 0.3 is 0 Å². The molecule has 0 spiro atoms. The van der Waals surface area contributed by atoms with E-state index < -0.39 is 5.60 Å². The van der Waals surface area contributed by atoms with E-state index >= 15 is 0 Å². The normalized spacial score (nSPS) is 26.7. The Balaban J connectivity index is 1.86. The van der Waals surface area contributed by atoms with Crippen molar-refractivity contribution >= 4 is 0 Å². The molecule has 0 aliphatic heterocycles. The van der Waals surface area contributed by atoms with Crippen molar-refractivity contribution in [1.82, 2.24) is 4.90 Å². The average molecular weight is 254 g/mol. The molecule has 3 nitrogen and oxygen atoms in total. The minimum atomic E-state index is -0.417. The predicted octanol–water partition coefficient (Wildman–Crippen LogP) is 2.13. The zero-order valence-electron chi connectivity index (χ0n) is 12.0. The van der Waals surface area contributed by atoms with Crippen LogP contribution < -0.4 is 5.73 Å². The van der Waals surface area contributed by atoms with Crippen molar-refractivity contribution in [3.8, 4) is 0 Å². The Labute approximate surface area is 112 Å². The largest absolute Gasteiger partial charge is 0.389 e. The van der Waals surface area contributed by atoms with Crippen LogP contribution in [-0.2, 0) is 0 Å². The first kappa shape index (κ1) is 14.3. The molecule has 3 heteroatoms. The molecule has 2 fully saturated rings. The highest BCUT2D eigenvalue weighted by atomic mass is 16.3. The molecule has 0 atom stereocenters. The summed E-state index contributed by atoms with van der Waals surface area (Å²) in [5.41, 5.74) is 5.94. The van der Waals surface area contributed by atoms with E-state index in [0.29, 0.717) is 5.41 Å². The molecule has 0 bridgehead atoms. The molecule has 106 valence electrons. The van der Waals surface area contributed by atoms with Gasteiger partial charge in [0.2, 0.25) is 0 Å². The highest BCUT2D eigenvalue weighted by Gasteiger charge is 2.36. The van der Waals surface area contributed by atoms with Crippen LogP contribution in [0.1, 0.15) is 57.8 Å². The highest BCUT2D eigenvalue weighted by Crippen LogP contribution is 2.37. The van der Waals surface area contributed by atoms with Gasteiger partial charge in [0.15, 0.2) is 0 Å². The monoisotopic (exact) mass is 254 g/mol. The van der Waals surface area contributed by atoms with Crippen molar-refractivity contribution in [2.24, 2.45) is 11.1 Å². The third kappa shape index (κ3) is 3.46. The standard InChI is InChI=1S/C15H30N2O/c1-17(13-15(18)9-5-6-10-15)12-14(11-16)7-3-2-4-8-14/h18H,2-13,16H2,1H3. The summed E-state index contributed by atoms with van der Waals surface area (Å²) in [4.78, 5) is 2.34. The van der Waals surface area contributed by atoms with E-state index in [9.17, 15) is 5.11 Å². The number of rotatable bonds is 5. The summed E-state index contributed by atoms with van der Waals surface area (Å²) in [6, 6.07) is 0. The Morgan fingerprint density at radius 3 is 2.06 bits per heavy atom. The molecule has 18 heavy (non-hydrogen) atoms. The van der Waals surface area contributed by atoms with Gasteiger partial charge in [0.25, 0.3) is 0 Å². The molecule has 2 rings (SSSR count). The zero-order chi connectivity index (χ0) is 13.1. The number of hydrogen-bond donors (Lipinski definition) is 2. The van der Waals surface area contributed by atoms with Gasteiger partial charge in [-0.2, -0.15) is 0 Å². The lowest BCUT2D eigenvalue weighted by molar-refractivity contribution is 0.00175. The van der Waals surface area contributed by atoms with Gasteiger partial charge in [0, 0.05) is 13.1 Å². The Hall–Kier alpha value is -0.120. The van der Waals surface area contributed by atoms with Crippen LogP contribution in [0.4, 0.5) is 0 Å². The number of likely N-dealkylation sites (N-methyl/N-ethyl adjacent to an activating group) is 1. The molecule has 0 aromatic heterocycles. The van der Waals surface area contributed by atoms with E-state index in [4.69, 9.17) is 5.73 Å². The molecule has 0 aromatic carbocycles. The lowest BCUT2D eigenvalue weighted by atomic mass is 9.73. The van der Waals surface area contributed by atoms with Gasteiger partial charge in [-0.1, -0.05) is 32.1 Å². The topological polar surface area (TPSA) is 49.5 Å². The minimum absolute atomic E-state index is 0.321. The molecule has 3 N–H and O–H groups in total. The van der Waals surface area contributed by atoms with Gasteiger partial charge in [-0.15, -0.1) is 0 Å². The van der Waals surface area contributed by atoms with Gasteiger partial charge in [0.1, 0.15) is 0 Å². The molecule has 0 unspecified atom stereocenters. The molecule has 0 heterocycles. The number of nitrogens with two attached hydrogens (primary N) is 1. The molecule has 0 radical (unpaired) electrons. The van der Waals surface area contributed by atoms with Crippen molar-refractivity contribution in [1.29, 1.82) is 0 Å². The van der Waals surface area contributed by atoms with E-state index in [1.165, 1.54) is 44.9 Å². The van der Waals surface area contributed by atoms with Crippen LogP contribution in [0.15, 0.2) is 0 Å². The summed E-state index contributed by atoms with van der Waals surface area (Å²) in [6.45, 7) is 2.69. The van der Waals surface area contributed by atoms with Crippen molar-refractivity contribution < 1.29 is 5.11 Å². The molecular formula is C15H30N2O. The fraction of sp³-hybridized carbons (Fsp3) is 1.00. The first-order valence-electron chi connectivity index (χ1n) is 7.69. The van der Waals surface area contributed by atoms with E-state index in [-0.39, 0.29) is 0 Å². The Kier molecular flexibility index (Phi) is 4.68. The Morgan fingerprint density at radius 1 is 0.944 bits per heavy atom. The van der Waals surface area contributed by atoms with Crippen LogP contribution in [0.25, 0.3) is 0 Å². The van der Waals surface area contributed by atoms with Crippen LogP contribution in [0.5, 0.6) is 0 Å². The van der Waals surface area contributed by atoms with Gasteiger partial charge in [-0.05, 0) is 44.7 Å². The maximum atomic E-state index is 10.5. The molecule has 0 aromatic rings. The van der Waals surface area contributed by atoms with E-state index in [1.807, 2.05) is 0 Å². The van der Waals surface area contributed by atoms with E-state index in [2.05, 4.69) is 11.9 Å². The third-order valence-corrected chi connectivity index (χ3v) is 5.05. The highest BCUT2D eigenvalue weighted by molar-refractivity contribution is 4.90. The van der Waals surface area contributed by atoms with Gasteiger partial charge in [-0.25, -0.2) is 0 Å². The van der Waals surface area contributed by atoms with Crippen molar-refractivity contribution in [3.05, 3.63) is 0 Å².